The summed E-state index contributed by atoms with van der Waals surface area (Å²) in [7, 11) is 0. The van der Waals surface area contributed by atoms with E-state index >= 15 is 0 Å². The molecule has 0 aromatic heterocycles. The third-order valence-electron chi connectivity index (χ3n) is 2.79. The number of carbonyl (C=O) groups is 1. The van der Waals surface area contributed by atoms with Gasteiger partial charge in [0, 0.05) is 20.9 Å². The summed E-state index contributed by atoms with van der Waals surface area (Å²) >= 11 is 9.34. The molecule has 20 heavy (non-hydrogen) atoms. The van der Waals surface area contributed by atoms with Crippen LogP contribution < -0.4 is 10.6 Å². The Morgan fingerprint density at radius 3 is 2.70 bits per heavy atom. The first kappa shape index (κ1) is 14.9. The van der Waals surface area contributed by atoms with E-state index in [0.717, 1.165) is 21.4 Å². The molecule has 0 fully saturated rings. The molecule has 3 nitrogen and oxygen atoms in total. The number of hydrogen-bond donors (Lipinski definition) is 2. The van der Waals surface area contributed by atoms with Gasteiger partial charge in [0.05, 0.1) is 6.54 Å². The van der Waals surface area contributed by atoms with Crippen molar-refractivity contribution in [3.05, 3.63) is 57.5 Å². The summed E-state index contributed by atoms with van der Waals surface area (Å²) in [5, 5.41) is 6.52. The van der Waals surface area contributed by atoms with Crippen LogP contribution in [0.4, 0.5) is 11.4 Å². The van der Waals surface area contributed by atoms with Gasteiger partial charge in [-0.25, -0.2) is 0 Å². The fourth-order valence-corrected chi connectivity index (χ4v) is 2.30. The average molecular weight is 354 g/mol. The summed E-state index contributed by atoms with van der Waals surface area (Å²) in [4.78, 5) is 11.9. The van der Waals surface area contributed by atoms with Crippen LogP contribution in [0.25, 0.3) is 0 Å². The van der Waals surface area contributed by atoms with E-state index in [4.69, 9.17) is 11.6 Å². The van der Waals surface area contributed by atoms with Crippen LogP contribution >= 0.6 is 27.5 Å². The van der Waals surface area contributed by atoms with Crippen molar-refractivity contribution in [3.8, 4) is 0 Å². The second-order valence-electron chi connectivity index (χ2n) is 4.34. The fourth-order valence-electron chi connectivity index (χ4n) is 1.70. The summed E-state index contributed by atoms with van der Waals surface area (Å²) in [6, 6.07) is 13.1. The highest BCUT2D eigenvalue weighted by molar-refractivity contribution is 9.10. The maximum absolute atomic E-state index is 11.9. The Bertz CT molecular complexity index is 631. The molecule has 2 aromatic carbocycles. The summed E-state index contributed by atoms with van der Waals surface area (Å²) in [5.74, 6) is -0.119. The normalized spacial score (nSPS) is 10.2. The summed E-state index contributed by atoms with van der Waals surface area (Å²) in [6.07, 6.45) is 0. The molecule has 0 unspecified atom stereocenters. The SMILES string of the molecule is Cc1ccc(Cl)cc1NC(=O)CNc1ccccc1Br. The van der Waals surface area contributed by atoms with E-state index in [9.17, 15) is 4.79 Å². The Balaban J connectivity index is 1.96. The Kier molecular flexibility index (Phi) is 5.04. The lowest BCUT2D eigenvalue weighted by Gasteiger charge is -2.11. The molecule has 5 heteroatoms. The molecule has 2 aromatic rings. The van der Waals surface area contributed by atoms with Crippen LogP contribution in [-0.4, -0.2) is 12.5 Å². The van der Waals surface area contributed by atoms with Crippen LogP contribution in [0.2, 0.25) is 5.02 Å². The number of para-hydroxylation sites is 1. The minimum atomic E-state index is -0.119. The molecular weight excluding hydrogens is 340 g/mol. The van der Waals surface area contributed by atoms with Crippen molar-refractivity contribution in [2.24, 2.45) is 0 Å². The standard InChI is InChI=1S/C15H14BrClN2O/c1-10-6-7-11(17)8-14(10)19-15(20)9-18-13-5-3-2-4-12(13)16/h2-8,18H,9H2,1H3,(H,19,20). The Morgan fingerprint density at radius 2 is 1.95 bits per heavy atom. The zero-order chi connectivity index (χ0) is 14.5. The van der Waals surface area contributed by atoms with Gasteiger partial charge in [-0.05, 0) is 52.7 Å². The molecule has 0 bridgehead atoms. The fraction of sp³-hybridized carbons (Fsp3) is 0.133. The number of anilines is 2. The van der Waals surface area contributed by atoms with E-state index in [1.54, 1.807) is 12.1 Å². The summed E-state index contributed by atoms with van der Waals surface area (Å²) < 4.78 is 0.923. The first-order valence-corrected chi connectivity index (χ1v) is 7.28. The van der Waals surface area contributed by atoms with Gasteiger partial charge in [-0.1, -0.05) is 29.8 Å². The molecule has 2 rings (SSSR count). The van der Waals surface area contributed by atoms with E-state index in [1.165, 1.54) is 0 Å². The molecule has 0 aliphatic rings. The molecule has 0 atom stereocenters. The van der Waals surface area contributed by atoms with Crippen LogP contribution in [0, 0.1) is 6.92 Å². The van der Waals surface area contributed by atoms with Crippen LogP contribution in [0.1, 0.15) is 5.56 Å². The average Bonchev–Trinajstić information content (AvgIpc) is 2.42. The molecule has 0 radical (unpaired) electrons. The lowest BCUT2D eigenvalue weighted by molar-refractivity contribution is -0.114. The van der Waals surface area contributed by atoms with E-state index in [0.29, 0.717) is 5.02 Å². The Hall–Kier alpha value is -1.52. The van der Waals surface area contributed by atoms with E-state index in [2.05, 4.69) is 26.6 Å². The molecule has 104 valence electrons. The number of carbonyl (C=O) groups excluding carboxylic acids is 1. The van der Waals surface area contributed by atoms with Crippen molar-refractivity contribution in [2.45, 2.75) is 6.92 Å². The van der Waals surface area contributed by atoms with Gasteiger partial charge >= 0.3 is 0 Å². The van der Waals surface area contributed by atoms with Gasteiger partial charge in [0.25, 0.3) is 0 Å². The minimum Gasteiger partial charge on any atom is -0.375 e. The smallest absolute Gasteiger partial charge is 0.243 e. The van der Waals surface area contributed by atoms with Crippen molar-refractivity contribution in [3.63, 3.8) is 0 Å². The molecule has 0 saturated carbocycles. The molecule has 2 N–H and O–H groups in total. The molecule has 1 amide bonds. The molecule has 0 saturated heterocycles. The lowest BCUT2D eigenvalue weighted by atomic mass is 10.2. The number of amides is 1. The first-order valence-electron chi connectivity index (χ1n) is 6.10. The Labute approximate surface area is 131 Å². The van der Waals surface area contributed by atoms with Gasteiger partial charge in [0.15, 0.2) is 0 Å². The number of aryl methyl sites for hydroxylation is 1. The maximum Gasteiger partial charge on any atom is 0.243 e. The Morgan fingerprint density at radius 1 is 1.20 bits per heavy atom. The van der Waals surface area contributed by atoms with Crippen LogP contribution in [0.3, 0.4) is 0 Å². The minimum absolute atomic E-state index is 0.119. The van der Waals surface area contributed by atoms with E-state index in [1.807, 2.05) is 37.3 Å². The van der Waals surface area contributed by atoms with Crippen molar-refractivity contribution < 1.29 is 4.79 Å². The maximum atomic E-state index is 11.9. The second-order valence-corrected chi connectivity index (χ2v) is 5.63. The van der Waals surface area contributed by atoms with Gasteiger partial charge in [-0.15, -0.1) is 0 Å². The van der Waals surface area contributed by atoms with Crippen LogP contribution in [0.15, 0.2) is 46.9 Å². The van der Waals surface area contributed by atoms with Crippen LogP contribution in [0.5, 0.6) is 0 Å². The number of benzene rings is 2. The third kappa shape index (κ3) is 3.99. The van der Waals surface area contributed by atoms with Gasteiger partial charge < -0.3 is 10.6 Å². The summed E-state index contributed by atoms with van der Waals surface area (Å²) in [5.41, 5.74) is 2.59. The van der Waals surface area contributed by atoms with Gasteiger partial charge in [0.1, 0.15) is 0 Å². The predicted molar refractivity (Wildman–Crippen MR) is 87.5 cm³/mol. The number of halogens is 2. The van der Waals surface area contributed by atoms with E-state index in [-0.39, 0.29) is 12.5 Å². The molecule has 0 heterocycles. The number of rotatable bonds is 4. The molecule has 0 aliphatic heterocycles. The highest BCUT2D eigenvalue weighted by Crippen LogP contribution is 2.22. The zero-order valence-electron chi connectivity index (χ0n) is 10.9. The molecule has 0 aliphatic carbocycles. The van der Waals surface area contributed by atoms with Gasteiger partial charge in [-0.3, -0.25) is 4.79 Å². The lowest BCUT2D eigenvalue weighted by Crippen LogP contribution is -2.22. The largest absolute Gasteiger partial charge is 0.375 e. The highest BCUT2D eigenvalue weighted by Gasteiger charge is 2.06. The molecular formula is C15H14BrClN2O. The van der Waals surface area contributed by atoms with Crippen molar-refractivity contribution in [1.29, 1.82) is 0 Å². The molecule has 0 spiro atoms. The number of nitrogens with one attached hydrogen (secondary N) is 2. The quantitative estimate of drug-likeness (QED) is 0.852. The van der Waals surface area contributed by atoms with Crippen molar-refractivity contribution in [1.82, 2.24) is 0 Å². The first-order chi connectivity index (χ1) is 9.56. The zero-order valence-corrected chi connectivity index (χ0v) is 13.3. The number of hydrogen-bond acceptors (Lipinski definition) is 2. The summed E-state index contributed by atoms with van der Waals surface area (Å²) in [6.45, 7) is 2.11. The van der Waals surface area contributed by atoms with Crippen molar-refractivity contribution in [2.75, 3.05) is 17.2 Å². The van der Waals surface area contributed by atoms with E-state index < -0.39 is 0 Å². The van der Waals surface area contributed by atoms with Gasteiger partial charge in [0.2, 0.25) is 5.91 Å². The van der Waals surface area contributed by atoms with Gasteiger partial charge in [-0.2, -0.15) is 0 Å². The highest BCUT2D eigenvalue weighted by atomic mass is 79.9. The predicted octanol–water partition coefficient (Wildman–Crippen LogP) is 4.46. The topological polar surface area (TPSA) is 41.1 Å². The van der Waals surface area contributed by atoms with Crippen molar-refractivity contribution >= 4 is 44.8 Å². The monoisotopic (exact) mass is 352 g/mol. The van der Waals surface area contributed by atoms with Crippen LogP contribution in [-0.2, 0) is 4.79 Å². The second kappa shape index (κ2) is 6.77. The third-order valence-corrected chi connectivity index (χ3v) is 3.71.